The first-order valence-corrected chi connectivity index (χ1v) is 9.74. The molecule has 1 fully saturated rings. The standard InChI is InChI=1S/C21H30N4O3/c1-5-27-18-8-6-16(7-9-18)12-20(26)25-10-11-28-19(15-23(2)3)21(25)17-13-22-24(4)14-17/h6-9,13-14,19,21H,5,10-12,15H2,1-4H3/t19-,21-/m0/s1. The summed E-state index contributed by atoms with van der Waals surface area (Å²) in [5.74, 6) is 0.925. The summed E-state index contributed by atoms with van der Waals surface area (Å²) < 4.78 is 13.3. The normalized spacial score (nSPS) is 19.8. The Hall–Kier alpha value is -2.38. The third-order valence-electron chi connectivity index (χ3n) is 4.87. The molecule has 0 N–H and O–H groups in total. The van der Waals surface area contributed by atoms with Crippen LogP contribution in [0.3, 0.4) is 0 Å². The summed E-state index contributed by atoms with van der Waals surface area (Å²) in [7, 11) is 5.93. The smallest absolute Gasteiger partial charge is 0.227 e. The van der Waals surface area contributed by atoms with Crippen LogP contribution in [0.1, 0.15) is 24.1 Å². The van der Waals surface area contributed by atoms with E-state index in [-0.39, 0.29) is 18.1 Å². The number of ether oxygens (including phenoxy) is 2. The third kappa shape index (κ3) is 4.91. The largest absolute Gasteiger partial charge is 0.494 e. The molecule has 0 unspecified atom stereocenters. The van der Waals surface area contributed by atoms with E-state index in [1.807, 2.05) is 69.6 Å². The molecule has 7 heteroatoms. The van der Waals surface area contributed by atoms with Gasteiger partial charge in [0.15, 0.2) is 0 Å². The highest BCUT2D eigenvalue weighted by Crippen LogP contribution is 2.30. The van der Waals surface area contributed by atoms with Crippen LogP contribution in [0, 0.1) is 0 Å². The van der Waals surface area contributed by atoms with Crippen LogP contribution in [0.5, 0.6) is 5.75 Å². The van der Waals surface area contributed by atoms with Crippen LogP contribution in [0.25, 0.3) is 0 Å². The molecule has 1 saturated heterocycles. The molecule has 1 aliphatic heterocycles. The fraction of sp³-hybridized carbons (Fsp3) is 0.524. The minimum atomic E-state index is -0.139. The lowest BCUT2D eigenvalue weighted by atomic mass is 9.99. The monoisotopic (exact) mass is 386 g/mol. The maximum Gasteiger partial charge on any atom is 0.227 e. The van der Waals surface area contributed by atoms with Crippen molar-refractivity contribution < 1.29 is 14.3 Å². The van der Waals surface area contributed by atoms with E-state index in [9.17, 15) is 4.79 Å². The highest BCUT2D eigenvalue weighted by Gasteiger charge is 2.37. The fourth-order valence-electron chi connectivity index (χ4n) is 3.66. The molecule has 2 aromatic rings. The van der Waals surface area contributed by atoms with E-state index in [2.05, 4.69) is 10.00 Å². The Kier molecular flexibility index (Phi) is 6.70. The number of hydrogen-bond acceptors (Lipinski definition) is 5. The second kappa shape index (κ2) is 9.21. The molecular weight excluding hydrogens is 356 g/mol. The fourth-order valence-corrected chi connectivity index (χ4v) is 3.66. The summed E-state index contributed by atoms with van der Waals surface area (Å²) in [6, 6.07) is 7.61. The van der Waals surface area contributed by atoms with Crippen molar-refractivity contribution >= 4 is 5.91 Å². The Morgan fingerprint density at radius 2 is 2.07 bits per heavy atom. The number of morpholine rings is 1. The van der Waals surface area contributed by atoms with Gasteiger partial charge in [0.25, 0.3) is 0 Å². The lowest BCUT2D eigenvalue weighted by molar-refractivity contribution is -0.147. The van der Waals surface area contributed by atoms with Gasteiger partial charge in [-0.3, -0.25) is 9.48 Å². The number of benzene rings is 1. The number of rotatable bonds is 7. The molecule has 1 aliphatic rings. The van der Waals surface area contributed by atoms with Gasteiger partial charge in [-0.2, -0.15) is 5.10 Å². The van der Waals surface area contributed by atoms with E-state index in [0.717, 1.165) is 23.4 Å². The Labute approximate surface area is 166 Å². The molecule has 152 valence electrons. The van der Waals surface area contributed by atoms with E-state index >= 15 is 0 Å². The first-order valence-electron chi connectivity index (χ1n) is 9.74. The van der Waals surface area contributed by atoms with Gasteiger partial charge in [0.2, 0.25) is 5.91 Å². The number of carbonyl (C=O) groups excluding carboxylic acids is 1. The van der Waals surface area contributed by atoms with Gasteiger partial charge in [0.1, 0.15) is 5.75 Å². The van der Waals surface area contributed by atoms with E-state index in [1.165, 1.54) is 0 Å². The number of aryl methyl sites for hydroxylation is 1. The van der Waals surface area contributed by atoms with Crippen molar-refractivity contribution in [3.63, 3.8) is 0 Å². The van der Waals surface area contributed by atoms with Gasteiger partial charge in [-0.1, -0.05) is 12.1 Å². The van der Waals surface area contributed by atoms with Crippen molar-refractivity contribution in [3.8, 4) is 5.75 Å². The van der Waals surface area contributed by atoms with Crippen molar-refractivity contribution in [1.29, 1.82) is 0 Å². The number of hydrogen-bond donors (Lipinski definition) is 0. The molecule has 7 nitrogen and oxygen atoms in total. The number of amides is 1. The second-order valence-electron chi connectivity index (χ2n) is 7.40. The molecular formula is C21H30N4O3. The molecule has 3 rings (SSSR count). The van der Waals surface area contributed by atoms with Crippen molar-refractivity contribution in [1.82, 2.24) is 19.6 Å². The first kappa shape index (κ1) is 20.4. The van der Waals surface area contributed by atoms with Crippen LogP contribution in [0.2, 0.25) is 0 Å². The van der Waals surface area contributed by atoms with Crippen molar-refractivity contribution in [2.24, 2.45) is 7.05 Å². The van der Waals surface area contributed by atoms with Gasteiger partial charge >= 0.3 is 0 Å². The predicted molar refractivity (Wildman–Crippen MR) is 107 cm³/mol. The quantitative estimate of drug-likeness (QED) is 0.727. The summed E-state index contributed by atoms with van der Waals surface area (Å²) in [6.45, 7) is 4.46. The predicted octanol–water partition coefficient (Wildman–Crippen LogP) is 1.89. The molecule has 1 aromatic carbocycles. The van der Waals surface area contributed by atoms with Crippen molar-refractivity contribution in [2.45, 2.75) is 25.5 Å². The molecule has 0 radical (unpaired) electrons. The molecule has 1 aromatic heterocycles. The van der Waals surface area contributed by atoms with Crippen LogP contribution < -0.4 is 4.74 Å². The lowest BCUT2D eigenvalue weighted by Crippen LogP contribution is -2.51. The Morgan fingerprint density at radius 1 is 1.32 bits per heavy atom. The maximum atomic E-state index is 13.2. The summed E-state index contributed by atoms with van der Waals surface area (Å²) in [6.07, 6.45) is 4.08. The Morgan fingerprint density at radius 3 is 2.68 bits per heavy atom. The minimum Gasteiger partial charge on any atom is -0.494 e. The van der Waals surface area contributed by atoms with E-state index in [1.54, 1.807) is 4.68 Å². The summed E-state index contributed by atoms with van der Waals surface area (Å²) >= 11 is 0. The molecule has 2 atom stereocenters. The van der Waals surface area contributed by atoms with Crippen LogP contribution in [0.15, 0.2) is 36.7 Å². The van der Waals surface area contributed by atoms with Crippen molar-refractivity contribution in [2.75, 3.05) is 40.4 Å². The van der Waals surface area contributed by atoms with Gasteiger partial charge in [-0.25, -0.2) is 0 Å². The molecule has 0 spiro atoms. The second-order valence-corrected chi connectivity index (χ2v) is 7.40. The lowest BCUT2D eigenvalue weighted by Gasteiger charge is -2.42. The minimum absolute atomic E-state index is 0.0859. The Bertz CT molecular complexity index is 772. The highest BCUT2D eigenvalue weighted by molar-refractivity contribution is 5.79. The van der Waals surface area contributed by atoms with Gasteiger partial charge in [-0.15, -0.1) is 0 Å². The van der Waals surface area contributed by atoms with E-state index < -0.39 is 0 Å². The average molecular weight is 386 g/mol. The SMILES string of the molecule is CCOc1ccc(CC(=O)N2CCO[C@@H](CN(C)C)[C@@H]2c2cnn(C)c2)cc1. The first-order chi connectivity index (χ1) is 13.5. The van der Waals surface area contributed by atoms with E-state index in [0.29, 0.717) is 26.2 Å². The van der Waals surface area contributed by atoms with E-state index in [4.69, 9.17) is 9.47 Å². The zero-order valence-electron chi connectivity index (χ0n) is 17.2. The molecule has 0 aliphatic carbocycles. The zero-order chi connectivity index (χ0) is 20.1. The average Bonchev–Trinajstić information content (AvgIpc) is 3.09. The van der Waals surface area contributed by atoms with Crippen molar-refractivity contribution in [3.05, 3.63) is 47.8 Å². The summed E-state index contributed by atoms with van der Waals surface area (Å²) in [5, 5.41) is 4.31. The summed E-state index contributed by atoms with van der Waals surface area (Å²) in [4.78, 5) is 17.2. The number of carbonyl (C=O) groups is 1. The van der Waals surface area contributed by atoms with Gasteiger partial charge in [-0.05, 0) is 38.7 Å². The molecule has 2 heterocycles. The number of aromatic nitrogens is 2. The number of nitrogens with zero attached hydrogens (tertiary/aromatic N) is 4. The molecule has 0 saturated carbocycles. The van der Waals surface area contributed by atoms with Gasteiger partial charge in [0.05, 0.1) is 38.0 Å². The highest BCUT2D eigenvalue weighted by atomic mass is 16.5. The Balaban J connectivity index is 1.79. The van der Waals surface area contributed by atoms with Crippen LogP contribution >= 0.6 is 0 Å². The zero-order valence-corrected chi connectivity index (χ0v) is 17.2. The maximum absolute atomic E-state index is 13.2. The summed E-state index contributed by atoms with van der Waals surface area (Å²) in [5.41, 5.74) is 1.99. The van der Waals surface area contributed by atoms with Crippen LogP contribution in [-0.4, -0.2) is 72.0 Å². The van der Waals surface area contributed by atoms with Crippen LogP contribution in [-0.2, 0) is 23.0 Å². The van der Waals surface area contributed by atoms with Gasteiger partial charge < -0.3 is 19.3 Å². The third-order valence-corrected chi connectivity index (χ3v) is 4.87. The molecule has 0 bridgehead atoms. The molecule has 1 amide bonds. The molecule has 28 heavy (non-hydrogen) atoms. The van der Waals surface area contributed by atoms with Gasteiger partial charge in [0, 0.05) is 31.9 Å². The topological polar surface area (TPSA) is 59.8 Å². The van der Waals surface area contributed by atoms with Crippen LogP contribution in [0.4, 0.5) is 0 Å². The number of likely N-dealkylation sites (N-methyl/N-ethyl adjacent to an activating group) is 1.